The number of methoxy groups -OCH3 is 1. The second kappa shape index (κ2) is 10.3. The van der Waals surface area contributed by atoms with E-state index >= 15 is 0 Å². The minimum atomic E-state index is -3.47. The molecule has 31 heavy (non-hydrogen) atoms. The third kappa shape index (κ3) is 6.70. The van der Waals surface area contributed by atoms with Crippen molar-refractivity contribution >= 4 is 15.9 Å². The normalized spacial score (nSPS) is 13.3. The van der Waals surface area contributed by atoms with Crippen LogP contribution in [0, 0.1) is 11.3 Å². The number of hydrogen-bond acceptors (Lipinski definition) is 6. The largest absolute Gasteiger partial charge is 0.493 e. The van der Waals surface area contributed by atoms with Crippen LogP contribution < -0.4 is 19.5 Å². The molecular formula is C22H25N3O5S. The SMILES string of the molecule is COc1cc(C#N)ccc1OCCCC(=O)NCc1ccc(S(=O)(=O)NC2CC2)cc1. The third-order valence-corrected chi connectivity index (χ3v) is 6.26. The molecule has 0 spiro atoms. The maximum absolute atomic E-state index is 12.2. The monoisotopic (exact) mass is 443 g/mol. The molecule has 0 unspecified atom stereocenters. The van der Waals surface area contributed by atoms with Crippen LogP contribution in [0.15, 0.2) is 47.4 Å². The molecule has 2 aromatic carbocycles. The minimum Gasteiger partial charge on any atom is -0.493 e. The lowest BCUT2D eigenvalue weighted by Crippen LogP contribution is -2.26. The number of rotatable bonds is 11. The highest BCUT2D eigenvalue weighted by atomic mass is 32.2. The van der Waals surface area contributed by atoms with E-state index in [2.05, 4.69) is 10.0 Å². The van der Waals surface area contributed by atoms with Gasteiger partial charge in [0.15, 0.2) is 11.5 Å². The molecule has 1 aliphatic carbocycles. The first-order valence-corrected chi connectivity index (χ1v) is 11.5. The van der Waals surface area contributed by atoms with Crippen LogP contribution in [0.3, 0.4) is 0 Å². The van der Waals surface area contributed by atoms with Crippen LogP contribution in [0.4, 0.5) is 0 Å². The number of nitrogens with one attached hydrogen (secondary N) is 2. The summed E-state index contributed by atoms with van der Waals surface area (Å²) in [5.41, 5.74) is 1.30. The molecule has 164 valence electrons. The Hall–Kier alpha value is -3.09. The summed E-state index contributed by atoms with van der Waals surface area (Å²) in [5.74, 6) is 0.872. The zero-order valence-electron chi connectivity index (χ0n) is 17.3. The highest BCUT2D eigenvalue weighted by Gasteiger charge is 2.27. The zero-order valence-corrected chi connectivity index (χ0v) is 18.1. The van der Waals surface area contributed by atoms with Crippen molar-refractivity contribution < 1.29 is 22.7 Å². The first-order chi connectivity index (χ1) is 14.9. The number of carbonyl (C=O) groups is 1. The van der Waals surface area contributed by atoms with Gasteiger partial charge >= 0.3 is 0 Å². The number of ether oxygens (including phenoxy) is 2. The Bertz CT molecular complexity index is 1060. The van der Waals surface area contributed by atoms with Crippen molar-refractivity contribution in [1.82, 2.24) is 10.0 Å². The van der Waals surface area contributed by atoms with Gasteiger partial charge in [-0.05, 0) is 49.1 Å². The maximum atomic E-state index is 12.2. The Morgan fingerprint density at radius 2 is 1.90 bits per heavy atom. The van der Waals surface area contributed by atoms with E-state index < -0.39 is 10.0 Å². The molecule has 0 bridgehead atoms. The fourth-order valence-corrected chi connectivity index (χ4v) is 4.14. The van der Waals surface area contributed by atoms with Crippen LogP contribution in [0.2, 0.25) is 0 Å². The van der Waals surface area contributed by atoms with Gasteiger partial charge in [0.1, 0.15) is 0 Å². The fraction of sp³-hybridized carbons (Fsp3) is 0.364. The summed E-state index contributed by atoms with van der Waals surface area (Å²) in [6, 6.07) is 13.5. The van der Waals surface area contributed by atoms with E-state index in [-0.39, 0.29) is 23.3 Å². The molecule has 1 amide bonds. The number of sulfonamides is 1. The molecule has 9 heteroatoms. The number of nitrogens with zero attached hydrogens (tertiary/aromatic N) is 1. The summed E-state index contributed by atoms with van der Waals surface area (Å²) in [5, 5.41) is 11.7. The van der Waals surface area contributed by atoms with E-state index in [1.807, 2.05) is 6.07 Å². The molecule has 0 atom stereocenters. The Morgan fingerprint density at radius 1 is 1.16 bits per heavy atom. The van der Waals surface area contributed by atoms with Crippen molar-refractivity contribution in [2.24, 2.45) is 0 Å². The van der Waals surface area contributed by atoms with E-state index in [0.717, 1.165) is 18.4 Å². The van der Waals surface area contributed by atoms with Crippen molar-refractivity contribution in [3.8, 4) is 17.6 Å². The molecule has 0 saturated heterocycles. The summed E-state index contributed by atoms with van der Waals surface area (Å²) in [4.78, 5) is 12.3. The van der Waals surface area contributed by atoms with E-state index in [1.54, 1.807) is 42.5 Å². The molecule has 0 radical (unpaired) electrons. The zero-order chi connectivity index (χ0) is 22.3. The van der Waals surface area contributed by atoms with Gasteiger partial charge in [0.05, 0.1) is 30.2 Å². The second-order valence-electron chi connectivity index (χ2n) is 7.25. The predicted molar refractivity (Wildman–Crippen MR) is 114 cm³/mol. The number of amides is 1. The molecule has 0 aliphatic heterocycles. The first-order valence-electron chi connectivity index (χ1n) is 10.00. The molecular weight excluding hydrogens is 418 g/mol. The van der Waals surface area contributed by atoms with Crippen molar-refractivity contribution in [1.29, 1.82) is 5.26 Å². The van der Waals surface area contributed by atoms with Crippen molar-refractivity contribution in [3.05, 3.63) is 53.6 Å². The Balaban J connectivity index is 1.39. The first kappa shape index (κ1) is 22.6. The maximum Gasteiger partial charge on any atom is 0.240 e. The summed E-state index contributed by atoms with van der Waals surface area (Å²) in [6.07, 6.45) is 2.57. The average Bonchev–Trinajstić information content (AvgIpc) is 3.58. The van der Waals surface area contributed by atoms with Gasteiger partial charge in [-0.15, -0.1) is 0 Å². The molecule has 1 fully saturated rings. The van der Waals surface area contributed by atoms with E-state index in [9.17, 15) is 13.2 Å². The Labute approximate surface area is 182 Å². The molecule has 2 N–H and O–H groups in total. The molecule has 3 rings (SSSR count). The highest BCUT2D eigenvalue weighted by molar-refractivity contribution is 7.89. The molecule has 1 aliphatic rings. The lowest BCUT2D eigenvalue weighted by Gasteiger charge is -2.11. The van der Waals surface area contributed by atoms with Crippen molar-refractivity contribution in [2.45, 2.75) is 43.2 Å². The van der Waals surface area contributed by atoms with Crippen molar-refractivity contribution in [3.63, 3.8) is 0 Å². The van der Waals surface area contributed by atoms with Crippen molar-refractivity contribution in [2.75, 3.05) is 13.7 Å². The molecule has 8 nitrogen and oxygen atoms in total. The Kier molecular flexibility index (Phi) is 7.50. The third-order valence-electron chi connectivity index (χ3n) is 4.72. The van der Waals surface area contributed by atoms with Gasteiger partial charge in [0.25, 0.3) is 0 Å². The number of hydrogen-bond donors (Lipinski definition) is 2. The van der Waals surface area contributed by atoms with Crippen LogP contribution >= 0.6 is 0 Å². The minimum absolute atomic E-state index is 0.0611. The lowest BCUT2D eigenvalue weighted by atomic mass is 10.2. The van der Waals surface area contributed by atoms with Gasteiger partial charge < -0.3 is 14.8 Å². The van der Waals surface area contributed by atoms with Crippen LogP contribution in [0.25, 0.3) is 0 Å². The standard InChI is InChI=1S/C22H25N3O5S/c1-29-21-13-17(14-23)6-11-20(21)30-12-2-3-22(26)24-15-16-4-9-19(10-5-16)31(27,28)25-18-7-8-18/h4-6,9-11,13,18,25H,2-3,7-8,12,15H2,1H3,(H,24,26). The van der Waals surface area contributed by atoms with Gasteiger partial charge in [0.2, 0.25) is 15.9 Å². The van der Waals surface area contributed by atoms with Crippen LogP contribution in [0.1, 0.15) is 36.8 Å². The van der Waals surface area contributed by atoms with Crippen LogP contribution in [-0.2, 0) is 21.4 Å². The van der Waals surface area contributed by atoms with Gasteiger partial charge in [0, 0.05) is 25.1 Å². The summed E-state index contributed by atoms with van der Waals surface area (Å²) < 4.78 is 37.8. The average molecular weight is 444 g/mol. The molecule has 2 aromatic rings. The molecule has 1 saturated carbocycles. The summed E-state index contributed by atoms with van der Waals surface area (Å²) in [7, 11) is -1.97. The second-order valence-corrected chi connectivity index (χ2v) is 8.96. The van der Waals surface area contributed by atoms with Gasteiger partial charge in [-0.3, -0.25) is 4.79 Å². The quantitative estimate of drug-likeness (QED) is 0.515. The number of nitriles is 1. The number of carbonyl (C=O) groups excluding carboxylic acids is 1. The smallest absolute Gasteiger partial charge is 0.240 e. The number of benzene rings is 2. The van der Waals surface area contributed by atoms with E-state index in [4.69, 9.17) is 14.7 Å². The van der Waals surface area contributed by atoms with Crippen LogP contribution in [0.5, 0.6) is 11.5 Å². The van der Waals surface area contributed by atoms with E-state index in [1.165, 1.54) is 7.11 Å². The molecule has 0 aromatic heterocycles. The summed E-state index contributed by atoms with van der Waals surface area (Å²) in [6.45, 7) is 0.649. The van der Waals surface area contributed by atoms with Gasteiger partial charge in [-0.2, -0.15) is 5.26 Å². The lowest BCUT2D eigenvalue weighted by molar-refractivity contribution is -0.121. The topological polar surface area (TPSA) is 118 Å². The van der Waals surface area contributed by atoms with Gasteiger partial charge in [-0.25, -0.2) is 13.1 Å². The summed E-state index contributed by atoms with van der Waals surface area (Å²) >= 11 is 0. The fourth-order valence-electron chi connectivity index (χ4n) is 2.84. The predicted octanol–water partition coefficient (Wildman–Crippen LogP) is 2.48. The van der Waals surface area contributed by atoms with Crippen LogP contribution in [-0.4, -0.2) is 34.1 Å². The Morgan fingerprint density at radius 3 is 2.55 bits per heavy atom. The van der Waals surface area contributed by atoms with E-state index in [0.29, 0.717) is 36.6 Å². The molecule has 0 heterocycles. The van der Waals surface area contributed by atoms with Gasteiger partial charge in [-0.1, -0.05) is 12.1 Å². The highest BCUT2D eigenvalue weighted by Crippen LogP contribution is 2.28.